The molecule has 1 N–H and O–H groups in total. The van der Waals surface area contributed by atoms with Crippen molar-refractivity contribution in [2.75, 3.05) is 5.32 Å². The molecule has 1 atom stereocenters. The van der Waals surface area contributed by atoms with Gasteiger partial charge in [0.25, 0.3) is 5.69 Å². The number of rotatable bonds is 5. The van der Waals surface area contributed by atoms with Gasteiger partial charge in [0, 0.05) is 10.9 Å². The molecule has 0 saturated heterocycles. The monoisotopic (exact) mass is 304 g/mol. The predicted molar refractivity (Wildman–Crippen MR) is 88.1 cm³/mol. The van der Waals surface area contributed by atoms with Gasteiger partial charge < -0.3 is 5.32 Å². The number of nitrogens with one attached hydrogen (secondary N) is 1. The normalized spacial score (nSPS) is 12.4. The van der Waals surface area contributed by atoms with Crippen LogP contribution in [0.2, 0.25) is 0 Å². The van der Waals surface area contributed by atoms with Crippen LogP contribution in [0.3, 0.4) is 0 Å². The van der Waals surface area contributed by atoms with Crippen LogP contribution >= 0.6 is 11.3 Å². The highest BCUT2D eigenvalue weighted by Crippen LogP contribution is 2.35. The molecule has 2 rings (SSSR count). The molecule has 0 bridgehead atoms. The van der Waals surface area contributed by atoms with E-state index < -0.39 is 0 Å². The highest BCUT2D eigenvalue weighted by atomic mass is 32.1. The van der Waals surface area contributed by atoms with Gasteiger partial charge >= 0.3 is 0 Å². The van der Waals surface area contributed by atoms with Crippen molar-refractivity contribution in [1.82, 2.24) is 0 Å². The molecule has 1 unspecified atom stereocenters. The van der Waals surface area contributed by atoms with Gasteiger partial charge in [0.2, 0.25) is 0 Å². The summed E-state index contributed by atoms with van der Waals surface area (Å²) in [5.41, 5.74) is 2.72. The number of hydrogen-bond acceptors (Lipinski definition) is 4. The first-order chi connectivity index (χ1) is 9.90. The van der Waals surface area contributed by atoms with Crippen LogP contribution in [0.4, 0.5) is 11.4 Å². The average molecular weight is 304 g/mol. The van der Waals surface area contributed by atoms with Crippen molar-refractivity contribution in [3.8, 4) is 0 Å². The minimum absolute atomic E-state index is 0.0748. The van der Waals surface area contributed by atoms with Crippen LogP contribution < -0.4 is 5.32 Å². The molecule has 1 aromatic heterocycles. The van der Waals surface area contributed by atoms with Gasteiger partial charge in [0.05, 0.1) is 11.0 Å². The Labute approximate surface area is 129 Å². The second-order valence-electron chi connectivity index (χ2n) is 5.59. The van der Waals surface area contributed by atoms with Gasteiger partial charge in [-0.3, -0.25) is 10.1 Å². The van der Waals surface area contributed by atoms with Crippen molar-refractivity contribution in [3.05, 3.63) is 55.8 Å². The molecule has 0 saturated carbocycles. The molecule has 0 radical (unpaired) electrons. The molecule has 5 heteroatoms. The number of nitrogens with zero attached hydrogens (tertiary/aromatic N) is 1. The topological polar surface area (TPSA) is 55.2 Å². The lowest BCUT2D eigenvalue weighted by Gasteiger charge is -2.23. The SMILES string of the molecule is Cc1cc(NC(c2cccs2)C(C)C)c([N+](=O)[O-])cc1C. The molecule has 21 heavy (non-hydrogen) atoms. The zero-order valence-corrected chi connectivity index (χ0v) is 13.5. The Morgan fingerprint density at radius 2 is 1.90 bits per heavy atom. The van der Waals surface area contributed by atoms with Crippen molar-refractivity contribution in [1.29, 1.82) is 0 Å². The minimum atomic E-state index is -0.319. The van der Waals surface area contributed by atoms with Gasteiger partial charge in [-0.1, -0.05) is 19.9 Å². The van der Waals surface area contributed by atoms with Crippen LogP contribution in [0.15, 0.2) is 29.6 Å². The maximum absolute atomic E-state index is 11.3. The highest BCUT2D eigenvalue weighted by molar-refractivity contribution is 7.10. The third kappa shape index (κ3) is 3.42. The first-order valence-corrected chi connectivity index (χ1v) is 7.83. The third-order valence-corrected chi connectivity index (χ3v) is 4.59. The van der Waals surface area contributed by atoms with Gasteiger partial charge in [0.1, 0.15) is 5.69 Å². The fourth-order valence-corrected chi connectivity index (χ4v) is 3.22. The Morgan fingerprint density at radius 3 is 2.43 bits per heavy atom. The predicted octanol–water partition coefficient (Wildman–Crippen LogP) is 5.08. The maximum atomic E-state index is 11.3. The lowest BCUT2D eigenvalue weighted by atomic mass is 10.0. The lowest BCUT2D eigenvalue weighted by molar-refractivity contribution is -0.384. The smallest absolute Gasteiger partial charge is 0.292 e. The van der Waals surface area contributed by atoms with Gasteiger partial charge in [-0.2, -0.15) is 0 Å². The van der Waals surface area contributed by atoms with E-state index in [-0.39, 0.29) is 16.7 Å². The fourth-order valence-electron chi connectivity index (χ4n) is 2.27. The summed E-state index contributed by atoms with van der Waals surface area (Å²) >= 11 is 1.67. The fraction of sp³-hybridized carbons (Fsp3) is 0.375. The van der Waals surface area contributed by atoms with Crippen LogP contribution in [0.1, 0.15) is 35.9 Å². The molecular formula is C16H20N2O2S. The van der Waals surface area contributed by atoms with E-state index in [9.17, 15) is 10.1 Å². The second-order valence-corrected chi connectivity index (χ2v) is 6.57. The number of benzene rings is 1. The van der Waals surface area contributed by atoms with Gasteiger partial charge in [-0.05, 0) is 48.4 Å². The molecule has 0 aliphatic heterocycles. The summed E-state index contributed by atoms with van der Waals surface area (Å²) in [4.78, 5) is 12.2. The second kappa shape index (κ2) is 6.26. The molecule has 2 aromatic rings. The Bertz CT molecular complexity index is 636. The van der Waals surface area contributed by atoms with Gasteiger partial charge in [-0.15, -0.1) is 11.3 Å². The van der Waals surface area contributed by atoms with Crippen LogP contribution in [0.25, 0.3) is 0 Å². The van der Waals surface area contributed by atoms with Crippen LogP contribution in [0, 0.1) is 29.9 Å². The maximum Gasteiger partial charge on any atom is 0.292 e. The molecule has 1 aromatic carbocycles. The summed E-state index contributed by atoms with van der Waals surface area (Å²) in [6, 6.07) is 7.66. The molecule has 1 heterocycles. The summed E-state index contributed by atoms with van der Waals surface area (Å²) < 4.78 is 0. The van der Waals surface area contributed by atoms with Crippen LogP contribution in [-0.4, -0.2) is 4.92 Å². The Kier molecular flexibility index (Phi) is 4.63. The highest BCUT2D eigenvalue weighted by Gasteiger charge is 2.22. The summed E-state index contributed by atoms with van der Waals surface area (Å²) in [7, 11) is 0. The average Bonchev–Trinajstić information content (AvgIpc) is 2.92. The van der Waals surface area contributed by atoms with E-state index in [1.807, 2.05) is 31.4 Å². The minimum Gasteiger partial charge on any atom is -0.372 e. The van der Waals surface area contributed by atoms with E-state index >= 15 is 0 Å². The lowest BCUT2D eigenvalue weighted by Crippen LogP contribution is -2.16. The third-order valence-electron chi connectivity index (χ3n) is 3.64. The molecule has 0 amide bonds. The van der Waals surface area contributed by atoms with Gasteiger partial charge in [-0.25, -0.2) is 0 Å². The van der Waals surface area contributed by atoms with Crippen molar-refractivity contribution in [2.45, 2.75) is 33.7 Å². The Hall–Kier alpha value is -1.88. The van der Waals surface area contributed by atoms with E-state index in [1.165, 1.54) is 4.88 Å². The molecule has 0 fully saturated rings. The van der Waals surface area contributed by atoms with Crippen molar-refractivity contribution < 1.29 is 4.92 Å². The zero-order chi connectivity index (χ0) is 15.6. The molecule has 0 spiro atoms. The van der Waals surface area contributed by atoms with Gasteiger partial charge in [0.15, 0.2) is 0 Å². The standard InChI is InChI=1S/C16H20N2O2S/c1-10(2)16(15-6-5-7-21-15)17-13-8-11(3)12(4)9-14(13)18(19)20/h5-10,16-17H,1-4H3. The molecule has 112 valence electrons. The summed E-state index contributed by atoms with van der Waals surface area (Å²) in [5.74, 6) is 0.338. The number of aryl methyl sites for hydroxylation is 2. The quantitative estimate of drug-likeness (QED) is 0.619. The summed E-state index contributed by atoms with van der Waals surface area (Å²) in [5, 5.41) is 16.7. The van der Waals surface area contributed by atoms with E-state index in [2.05, 4.69) is 25.2 Å². The number of nitro groups is 1. The summed E-state index contributed by atoms with van der Waals surface area (Å²) in [6.07, 6.45) is 0. The molecule has 4 nitrogen and oxygen atoms in total. The van der Waals surface area contributed by atoms with Crippen LogP contribution in [0.5, 0.6) is 0 Å². The first-order valence-electron chi connectivity index (χ1n) is 6.95. The number of thiophene rings is 1. The van der Waals surface area contributed by atoms with Crippen molar-refractivity contribution in [3.63, 3.8) is 0 Å². The number of nitro benzene ring substituents is 1. The Balaban J connectivity index is 2.41. The van der Waals surface area contributed by atoms with E-state index in [1.54, 1.807) is 17.4 Å². The molecule has 0 aliphatic carbocycles. The summed E-state index contributed by atoms with van der Waals surface area (Å²) in [6.45, 7) is 8.10. The van der Waals surface area contributed by atoms with Crippen LogP contribution in [-0.2, 0) is 0 Å². The van der Waals surface area contributed by atoms with E-state index in [0.29, 0.717) is 11.6 Å². The van der Waals surface area contributed by atoms with E-state index in [4.69, 9.17) is 0 Å². The molecule has 0 aliphatic rings. The number of hydrogen-bond donors (Lipinski definition) is 1. The zero-order valence-electron chi connectivity index (χ0n) is 12.7. The van der Waals surface area contributed by atoms with Crippen molar-refractivity contribution in [2.24, 2.45) is 5.92 Å². The van der Waals surface area contributed by atoms with E-state index in [0.717, 1.165) is 11.1 Å². The number of anilines is 1. The first kappa shape index (κ1) is 15.5. The Morgan fingerprint density at radius 1 is 1.24 bits per heavy atom. The largest absolute Gasteiger partial charge is 0.372 e. The molecular weight excluding hydrogens is 284 g/mol. The van der Waals surface area contributed by atoms with Crippen molar-refractivity contribution >= 4 is 22.7 Å².